The van der Waals surface area contributed by atoms with E-state index >= 15 is 0 Å². The highest BCUT2D eigenvalue weighted by Crippen LogP contribution is 2.17. The van der Waals surface area contributed by atoms with Crippen LogP contribution in [0.4, 0.5) is 0 Å². The van der Waals surface area contributed by atoms with Crippen LogP contribution >= 0.6 is 11.6 Å². The number of hydrogen-bond donors (Lipinski definition) is 1. The van der Waals surface area contributed by atoms with Crippen molar-refractivity contribution in [1.82, 2.24) is 4.90 Å². The Morgan fingerprint density at radius 3 is 2.76 bits per heavy atom. The van der Waals surface area contributed by atoms with Gasteiger partial charge in [0.25, 0.3) is 0 Å². The molecule has 0 aromatic heterocycles. The van der Waals surface area contributed by atoms with Crippen LogP contribution < -0.4 is 10.5 Å². The smallest absolute Gasteiger partial charge is 0.120 e. The van der Waals surface area contributed by atoms with Gasteiger partial charge in [-0.25, -0.2) is 0 Å². The molecule has 0 amide bonds. The van der Waals surface area contributed by atoms with Crippen LogP contribution in [0.2, 0.25) is 5.02 Å². The van der Waals surface area contributed by atoms with Crippen molar-refractivity contribution in [2.75, 3.05) is 39.4 Å². The second-order valence-electron chi connectivity index (χ2n) is 5.36. The van der Waals surface area contributed by atoms with E-state index in [1.54, 1.807) is 0 Å². The van der Waals surface area contributed by atoms with E-state index in [1.165, 1.54) is 0 Å². The van der Waals surface area contributed by atoms with Gasteiger partial charge in [-0.05, 0) is 44.0 Å². The maximum absolute atomic E-state index is 5.93. The molecule has 118 valence electrons. The van der Waals surface area contributed by atoms with Crippen molar-refractivity contribution >= 4 is 11.6 Å². The van der Waals surface area contributed by atoms with E-state index in [2.05, 4.69) is 4.90 Å². The lowest BCUT2D eigenvalue weighted by molar-refractivity contribution is 0.00516. The molecule has 2 rings (SSSR count). The quantitative estimate of drug-likeness (QED) is 0.749. The van der Waals surface area contributed by atoms with Crippen LogP contribution in [0.5, 0.6) is 5.75 Å². The highest BCUT2D eigenvalue weighted by molar-refractivity contribution is 6.30. The number of ether oxygens (including phenoxy) is 2. The van der Waals surface area contributed by atoms with E-state index in [4.69, 9.17) is 26.8 Å². The SMILES string of the molecule is NCCCOC1CCN(CCOc2cccc(Cl)c2)CC1. The number of nitrogens with two attached hydrogens (primary N) is 1. The topological polar surface area (TPSA) is 47.7 Å². The van der Waals surface area contributed by atoms with Crippen LogP contribution in [-0.2, 0) is 4.74 Å². The lowest BCUT2D eigenvalue weighted by Crippen LogP contribution is -2.39. The molecular formula is C16H25ClN2O2. The minimum Gasteiger partial charge on any atom is -0.492 e. The standard InChI is InChI=1S/C16H25ClN2O2/c17-14-3-1-4-16(13-14)21-12-10-19-8-5-15(6-9-19)20-11-2-7-18/h1,3-4,13,15H,2,5-12,18H2. The maximum atomic E-state index is 5.93. The largest absolute Gasteiger partial charge is 0.492 e. The van der Waals surface area contributed by atoms with Gasteiger partial charge in [0.2, 0.25) is 0 Å². The molecule has 1 aromatic carbocycles. The van der Waals surface area contributed by atoms with Crippen LogP contribution in [0.15, 0.2) is 24.3 Å². The molecule has 0 saturated carbocycles. The van der Waals surface area contributed by atoms with Gasteiger partial charge in [0.05, 0.1) is 6.10 Å². The Morgan fingerprint density at radius 2 is 2.05 bits per heavy atom. The lowest BCUT2D eigenvalue weighted by atomic mass is 10.1. The summed E-state index contributed by atoms with van der Waals surface area (Å²) in [7, 11) is 0. The Bertz CT molecular complexity index is 409. The van der Waals surface area contributed by atoms with Gasteiger partial charge in [-0.15, -0.1) is 0 Å². The summed E-state index contributed by atoms with van der Waals surface area (Å²) >= 11 is 5.93. The predicted molar refractivity (Wildman–Crippen MR) is 86.0 cm³/mol. The van der Waals surface area contributed by atoms with E-state index in [1.807, 2.05) is 24.3 Å². The van der Waals surface area contributed by atoms with E-state index < -0.39 is 0 Å². The number of piperidine rings is 1. The minimum absolute atomic E-state index is 0.404. The molecular weight excluding hydrogens is 288 g/mol. The molecule has 0 spiro atoms. The first-order valence-corrected chi connectivity index (χ1v) is 8.08. The van der Waals surface area contributed by atoms with Crippen molar-refractivity contribution < 1.29 is 9.47 Å². The molecule has 1 fully saturated rings. The zero-order valence-electron chi connectivity index (χ0n) is 12.5. The number of rotatable bonds is 8. The van der Waals surface area contributed by atoms with Crippen LogP contribution in [0.3, 0.4) is 0 Å². The van der Waals surface area contributed by atoms with Crippen molar-refractivity contribution in [2.24, 2.45) is 5.73 Å². The van der Waals surface area contributed by atoms with Crippen LogP contribution in [0.1, 0.15) is 19.3 Å². The Kier molecular flexibility index (Phi) is 7.30. The molecule has 1 aliphatic rings. The highest BCUT2D eigenvalue weighted by Gasteiger charge is 2.19. The summed E-state index contributed by atoms with van der Waals surface area (Å²) in [5, 5.41) is 0.711. The Balaban J connectivity index is 1.58. The van der Waals surface area contributed by atoms with E-state index in [0.29, 0.717) is 24.3 Å². The van der Waals surface area contributed by atoms with Crippen molar-refractivity contribution in [1.29, 1.82) is 0 Å². The first-order valence-electron chi connectivity index (χ1n) is 7.70. The molecule has 1 aromatic rings. The fourth-order valence-electron chi connectivity index (χ4n) is 2.48. The summed E-state index contributed by atoms with van der Waals surface area (Å²) in [5.41, 5.74) is 5.47. The van der Waals surface area contributed by atoms with Crippen molar-refractivity contribution in [3.8, 4) is 5.75 Å². The first-order chi connectivity index (χ1) is 10.3. The number of likely N-dealkylation sites (tertiary alicyclic amines) is 1. The Hall–Kier alpha value is -0.810. The molecule has 2 N–H and O–H groups in total. The Morgan fingerprint density at radius 1 is 1.24 bits per heavy atom. The molecule has 1 aliphatic heterocycles. The molecule has 21 heavy (non-hydrogen) atoms. The van der Waals surface area contributed by atoms with Gasteiger partial charge in [0.1, 0.15) is 12.4 Å². The van der Waals surface area contributed by atoms with Crippen molar-refractivity contribution in [3.05, 3.63) is 29.3 Å². The van der Waals surface area contributed by atoms with Gasteiger partial charge in [-0.2, -0.15) is 0 Å². The van der Waals surface area contributed by atoms with E-state index in [9.17, 15) is 0 Å². The van der Waals surface area contributed by atoms with Gasteiger partial charge in [-0.1, -0.05) is 17.7 Å². The summed E-state index contributed by atoms with van der Waals surface area (Å²) in [6, 6.07) is 7.54. The molecule has 0 radical (unpaired) electrons. The van der Waals surface area contributed by atoms with Gasteiger partial charge in [0, 0.05) is 31.3 Å². The highest BCUT2D eigenvalue weighted by atomic mass is 35.5. The Labute approximate surface area is 132 Å². The van der Waals surface area contributed by atoms with Crippen molar-refractivity contribution in [2.45, 2.75) is 25.4 Å². The lowest BCUT2D eigenvalue weighted by Gasteiger charge is -2.31. The fourth-order valence-corrected chi connectivity index (χ4v) is 2.66. The second-order valence-corrected chi connectivity index (χ2v) is 5.80. The summed E-state index contributed by atoms with van der Waals surface area (Å²) in [6.07, 6.45) is 3.55. The number of halogens is 1. The molecule has 4 nitrogen and oxygen atoms in total. The third-order valence-corrected chi connectivity index (χ3v) is 3.94. The summed E-state index contributed by atoms with van der Waals surface area (Å²) in [4.78, 5) is 2.42. The van der Waals surface area contributed by atoms with Gasteiger partial charge < -0.3 is 15.2 Å². The van der Waals surface area contributed by atoms with E-state index in [0.717, 1.165) is 51.3 Å². The average Bonchev–Trinajstić information content (AvgIpc) is 2.49. The molecule has 1 saturated heterocycles. The third-order valence-electron chi connectivity index (χ3n) is 3.71. The van der Waals surface area contributed by atoms with Crippen LogP contribution in [0, 0.1) is 0 Å². The van der Waals surface area contributed by atoms with Crippen LogP contribution in [-0.4, -0.2) is 50.4 Å². The normalized spacial score (nSPS) is 17.0. The molecule has 1 heterocycles. The average molecular weight is 313 g/mol. The van der Waals surface area contributed by atoms with E-state index in [-0.39, 0.29) is 0 Å². The van der Waals surface area contributed by atoms with Gasteiger partial charge >= 0.3 is 0 Å². The predicted octanol–water partition coefficient (Wildman–Crippen LogP) is 2.55. The maximum Gasteiger partial charge on any atom is 0.120 e. The molecule has 0 atom stereocenters. The third kappa shape index (κ3) is 6.22. The summed E-state index contributed by atoms with van der Waals surface area (Å²) in [5.74, 6) is 0.836. The monoisotopic (exact) mass is 312 g/mol. The molecule has 5 heteroatoms. The van der Waals surface area contributed by atoms with Gasteiger partial charge in [0.15, 0.2) is 0 Å². The van der Waals surface area contributed by atoms with Crippen molar-refractivity contribution in [3.63, 3.8) is 0 Å². The molecule has 0 unspecified atom stereocenters. The fraction of sp³-hybridized carbons (Fsp3) is 0.625. The molecule has 0 bridgehead atoms. The van der Waals surface area contributed by atoms with Crippen LogP contribution in [0.25, 0.3) is 0 Å². The zero-order valence-corrected chi connectivity index (χ0v) is 13.2. The number of hydrogen-bond acceptors (Lipinski definition) is 4. The first kappa shape index (κ1) is 16.6. The number of nitrogens with zero attached hydrogens (tertiary/aromatic N) is 1. The zero-order chi connectivity index (χ0) is 14.9. The number of benzene rings is 1. The molecule has 0 aliphatic carbocycles. The van der Waals surface area contributed by atoms with Gasteiger partial charge in [-0.3, -0.25) is 4.90 Å². The summed E-state index contributed by atoms with van der Waals surface area (Å²) in [6.45, 7) is 5.29. The minimum atomic E-state index is 0.404. The summed E-state index contributed by atoms with van der Waals surface area (Å²) < 4.78 is 11.5. The second kappa shape index (κ2) is 9.26.